The van der Waals surface area contributed by atoms with Gasteiger partial charge in [-0.3, -0.25) is 14.5 Å². The van der Waals surface area contributed by atoms with E-state index in [1.807, 2.05) is 17.0 Å². The second-order valence-corrected chi connectivity index (χ2v) is 7.32. The summed E-state index contributed by atoms with van der Waals surface area (Å²) in [5.74, 6) is -0.0527. The summed E-state index contributed by atoms with van der Waals surface area (Å²) in [5, 5.41) is 6.19. The smallest absolute Gasteiger partial charge is 0.274 e. The molecular formula is C20H25FN4O2. The molecule has 0 spiro atoms. The van der Waals surface area contributed by atoms with Gasteiger partial charge in [0.15, 0.2) is 0 Å². The molecule has 0 radical (unpaired) electrons. The third kappa shape index (κ3) is 4.80. The number of carbonyl (C=O) groups is 1. The summed E-state index contributed by atoms with van der Waals surface area (Å²) in [6, 6.07) is 9.55. The molecule has 1 aromatic heterocycles. The molecular weight excluding hydrogens is 347 g/mol. The van der Waals surface area contributed by atoms with Crippen molar-refractivity contribution in [3.05, 3.63) is 63.8 Å². The number of aromatic nitrogens is 2. The first-order valence-corrected chi connectivity index (χ1v) is 9.27. The molecule has 7 heteroatoms. The molecule has 0 saturated carbocycles. The van der Waals surface area contributed by atoms with E-state index in [-0.39, 0.29) is 29.0 Å². The second-order valence-electron chi connectivity index (χ2n) is 7.32. The zero-order valence-corrected chi connectivity index (χ0v) is 15.7. The average Bonchev–Trinajstić information content (AvgIpc) is 2.86. The maximum absolute atomic E-state index is 13.2. The van der Waals surface area contributed by atoms with Gasteiger partial charge in [-0.2, -0.15) is 5.10 Å². The Morgan fingerprint density at radius 2 is 1.96 bits per heavy atom. The van der Waals surface area contributed by atoms with Crippen LogP contribution in [0.2, 0.25) is 0 Å². The Labute approximate surface area is 158 Å². The molecule has 2 heterocycles. The van der Waals surface area contributed by atoms with Crippen LogP contribution in [0.15, 0.2) is 41.2 Å². The topological polar surface area (TPSA) is 69.3 Å². The van der Waals surface area contributed by atoms with Crippen LogP contribution >= 0.6 is 0 Å². The monoisotopic (exact) mass is 372 g/mol. The summed E-state index contributed by atoms with van der Waals surface area (Å²) in [7, 11) is 0. The summed E-state index contributed by atoms with van der Waals surface area (Å²) >= 11 is 0. The fourth-order valence-electron chi connectivity index (χ4n) is 3.53. The predicted octanol–water partition coefficient (Wildman–Crippen LogP) is 2.28. The van der Waals surface area contributed by atoms with Gasteiger partial charge < -0.3 is 4.90 Å². The van der Waals surface area contributed by atoms with Gasteiger partial charge in [0, 0.05) is 38.3 Å². The molecule has 3 rings (SSSR count). The van der Waals surface area contributed by atoms with Crippen LogP contribution in [0.25, 0.3) is 0 Å². The van der Waals surface area contributed by atoms with E-state index in [9.17, 15) is 14.0 Å². The van der Waals surface area contributed by atoms with Crippen LogP contribution < -0.4 is 5.56 Å². The highest BCUT2D eigenvalue weighted by Crippen LogP contribution is 2.21. The Morgan fingerprint density at radius 1 is 1.22 bits per heavy atom. The van der Waals surface area contributed by atoms with Gasteiger partial charge in [0.25, 0.3) is 11.5 Å². The van der Waals surface area contributed by atoms with E-state index >= 15 is 0 Å². The van der Waals surface area contributed by atoms with E-state index in [1.165, 1.54) is 24.3 Å². The Morgan fingerprint density at radius 3 is 2.59 bits per heavy atom. The Bertz CT molecular complexity index is 814. The number of carbonyl (C=O) groups excluding carboxylic acids is 1. The van der Waals surface area contributed by atoms with Crippen LogP contribution in [-0.2, 0) is 6.54 Å². The van der Waals surface area contributed by atoms with Crippen molar-refractivity contribution in [1.82, 2.24) is 20.0 Å². The summed E-state index contributed by atoms with van der Waals surface area (Å²) in [6.07, 6.45) is 0.847. The first-order chi connectivity index (χ1) is 12.9. The van der Waals surface area contributed by atoms with Crippen molar-refractivity contribution in [2.75, 3.05) is 19.6 Å². The van der Waals surface area contributed by atoms with Crippen molar-refractivity contribution in [2.45, 2.75) is 32.9 Å². The predicted molar refractivity (Wildman–Crippen MR) is 101 cm³/mol. The van der Waals surface area contributed by atoms with Crippen molar-refractivity contribution in [2.24, 2.45) is 5.92 Å². The first kappa shape index (κ1) is 19.2. The van der Waals surface area contributed by atoms with Gasteiger partial charge in [-0.25, -0.2) is 9.49 Å². The van der Waals surface area contributed by atoms with Gasteiger partial charge >= 0.3 is 0 Å². The Kier molecular flexibility index (Phi) is 6.01. The molecule has 1 aromatic carbocycles. The SMILES string of the molecule is CC(C)[C@@H]1CN(C(=O)c2ccc(=O)[nH]n2)CCCN1Cc1ccc(F)cc1. The highest BCUT2D eigenvalue weighted by Gasteiger charge is 2.30. The number of nitrogens with zero attached hydrogens (tertiary/aromatic N) is 3. The van der Waals surface area contributed by atoms with Crippen LogP contribution in [0.4, 0.5) is 4.39 Å². The highest BCUT2D eigenvalue weighted by atomic mass is 19.1. The molecule has 6 nitrogen and oxygen atoms in total. The fraction of sp³-hybridized carbons (Fsp3) is 0.450. The molecule has 1 atom stereocenters. The van der Waals surface area contributed by atoms with Crippen LogP contribution in [-0.4, -0.2) is 51.6 Å². The van der Waals surface area contributed by atoms with E-state index in [0.29, 0.717) is 19.0 Å². The lowest BCUT2D eigenvalue weighted by Gasteiger charge is -2.34. The quantitative estimate of drug-likeness (QED) is 0.894. The van der Waals surface area contributed by atoms with E-state index in [2.05, 4.69) is 28.9 Å². The molecule has 1 saturated heterocycles. The molecule has 144 valence electrons. The fourth-order valence-corrected chi connectivity index (χ4v) is 3.53. The molecule has 0 unspecified atom stereocenters. The highest BCUT2D eigenvalue weighted by molar-refractivity contribution is 5.92. The third-order valence-electron chi connectivity index (χ3n) is 5.00. The number of nitrogens with one attached hydrogen (secondary N) is 1. The van der Waals surface area contributed by atoms with Crippen molar-refractivity contribution in [3.63, 3.8) is 0 Å². The minimum Gasteiger partial charge on any atom is -0.336 e. The second kappa shape index (κ2) is 8.43. The normalized spacial score (nSPS) is 18.5. The minimum atomic E-state index is -0.326. The molecule has 0 bridgehead atoms. The van der Waals surface area contributed by atoms with Gasteiger partial charge in [0.1, 0.15) is 11.5 Å². The molecule has 1 N–H and O–H groups in total. The molecule has 27 heavy (non-hydrogen) atoms. The summed E-state index contributed by atoms with van der Waals surface area (Å²) < 4.78 is 13.2. The molecule has 1 amide bonds. The molecule has 1 aliphatic heterocycles. The third-order valence-corrected chi connectivity index (χ3v) is 5.00. The summed E-state index contributed by atoms with van der Waals surface area (Å²) in [4.78, 5) is 28.2. The molecule has 1 aliphatic rings. The van der Waals surface area contributed by atoms with Crippen molar-refractivity contribution >= 4 is 5.91 Å². The van der Waals surface area contributed by atoms with Crippen LogP contribution in [0.3, 0.4) is 0 Å². The largest absolute Gasteiger partial charge is 0.336 e. The maximum atomic E-state index is 13.2. The van der Waals surface area contributed by atoms with Crippen molar-refractivity contribution in [3.8, 4) is 0 Å². The summed E-state index contributed by atoms with van der Waals surface area (Å²) in [5.41, 5.74) is 0.987. The van der Waals surface area contributed by atoms with Gasteiger partial charge in [-0.05, 0) is 36.1 Å². The van der Waals surface area contributed by atoms with Gasteiger partial charge in [0.05, 0.1) is 0 Å². The lowest BCUT2D eigenvalue weighted by molar-refractivity contribution is 0.0695. The number of amides is 1. The van der Waals surface area contributed by atoms with Crippen LogP contribution in [0.5, 0.6) is 0 Å². The number of halogens is 1. The Hall–Kier alpha value is -2.54. The number of hydrogen-bond acceptors (Lipinski definition) is 4. The molecule has 0 aliphatic carbocycles. The van der Waals surface area contributed by atoms with Crippen LogP contribution in [0.1, 0.15) is 36.3 Å². The van der Waals surface area contributed by atoms with E-state index in [0.717, 1.165) is 25.1 Å². The van der Waals surface area contributed by atoms with Crippen molar-refractivity contribution < 1.29 is 9.18 Å². The number of H-pyrrole nitrogens is 1. The number of hydrogen-bond donors (Lipinski definition) is 1. The minimum absolute atomic E-state index is 0.166. The van der Waals surface area contributed by atoms with Gasteiger partial charge in [-0.1, -0.05) is 26.0 Å². The van der Waals surface area contributed by atoms with E-state index < -0.39 is 0 Å². The zero-order chi connectivity index (χ0) is 19.4. The van der Waals surface area contributed by atoms with Gasteiger partial charge in [0.2, 0.25) is 0 Å². The summed E-state index contributed by atoms with van der Waals surface area (Å²) in [6.45, 7) is 7.12. The van der Waals surface area contributed by atoms with E-state index in [1.54, 1.807) is 0 Å². The first-order valence-electron chi connectivity index (χ1n) is 9.27. The maximum Gasteiger partial charge on any atom is 0.274 e. The Balaban J connectivity index is 1.76. The van der Waals surface area contributed by atoms with Crippen LogP contribution in [0, 0.1) is 11.7 Å². The molecule has 1 fully saturated rings. The zero-order valence-electron chi connectivity index (χ0n) is 15.7. The number of aromatic amines is 1. The number of benzene rings is 1. The lowest BCUT2D eigenvalue weighted by Crippen LogP contribution is -2.45. The van der Waals surface area contributed by atoms with Crippen molar-refractivity contribution in [1.29, 1.82) is 0 Å². The van der Waals surface area contributed by atoms with Gasteiger partial charge in [-0.15, -0.1) is 0 Å². The number of rotatable bonds is 4. The van der Waals surface area contributed by atoms with E-state index in [4.69, 9.17) is 0 Å². The molecule has 2 aromatic rings. The standard InChI is InChI=1S/C20H25FN4O2/c1-14(2)18-13-25(20(27)17-8-9-19(26)23-22-17)11-3-10-24(18)12-15-4-6-16(21)7-5-15/h4-9,14,18H,3,10-13H2,1-2H3,(H,23,26)/t18-/m0/s1. The average molecular weight is 372 g/mol. The lowest BCUT2D eigenvalue weighted by atomic mass is 10.0.